The van der Waals surface area contributed by atoms with Gasteiger partial charge in [0.1, 0.15) is 0 Å². The number of nitrogens with two attached hydrogens (primary N) is 1. The molecule has 3 aromatic rings. The molecule has 0 spiro atoms. The summed E-state index contributed by atoms with van der Waals surface area (Å²) in [6.07, 6.45) is 5.28. The van der Waals surface area contributed by atoms with Crippen LogP contribution in [0.25, 0.3) is 6.08 Å². The lowest BCUT2D eigenvalue weighted by molar-refractivity contribution is 0.102. The van der Waals surface area contributed by atoms with Gasteiger partial charge in [-0.05, 0) is 29.8 Å². The predicted octanol–water partition coefficient (Wildman–Crippen LogP) is 3.10. The largest absolute Gasteiger partial charge is 0.493 e. The second-order valence-electron chi connectivity index (χ2n) is 6.12. The lowest BCUT2D eigenvalue weighted by Gasteiger charge is -2.09. The molecule has 3 N–H and O–H groups in total. The number of ketones is 1. The van der Waals surface area contributed by atoms with Crippen LogP contribution in [0.1, 0.15) is 15.9 Å². The first-order valence-corrected chi connectivity index (χ1v) is 10.2. The molecule has 2 aromatic carbocycles. The van der Waals surface area contributed by atoms with Crippen LogP contribution in [0.15, 0.2) is 64.9 Å². The number of rotatable bonds is 10. The minimum atomic E-state index is -0.104. The van der Waals surface area contributed by atoms with Crippen LogP contribution in [0.2, 0.25) is 0 Å². The number of aromatic nitrogens is 3. The molecule has 3 rings (SSSR count). The zero-order chi connectivity index (χ0) is 22.1. The number of nitrogens with one attached hydrogen (secondary N) is 1. The van der Waals surface area contributed by atoms with Gasteiger partial charge in [0.05, 0.1) is 20.0 Å². The van der Waals surface area contributed by atoms with Gasteiger partial charge in [-0.1, -0.05) is 48.2 Å². The van der Waals surface area contributed by atoms with E-state index in [0.717, 1.165) is 5.56 Å². The van der Waals surface area contributed by atoms with Crippen LogP contribution in [-0.2, 0) is 0 Å². The molecule has 0 radical (unpaired) electrons. The number of nitrogen functional groups attached to an aromatic ring is 1. The highest BCUT2D eigenvalue weighted by molar-refractivity contribution is 7.99. The quantitative estimate of drug-likeness (QED) is 0.163. The summed E-state index contributed by atoms with van der Waals surface area (Å²) in [5.74, 6) is 7.32. The second-order valence-corrected chi connectivity index (χ2v) is 7.06. The molecule has 0 saturated carbocycles. The predicted molar refractivity (Wildman–Crippen MR) is 122 cm³/mol. The Morgan fingerprint density at radius 1 is 1.16 bits per heavy atom. The molecule has 0 saturated heterocycles. The van der Waals surface area contributed by atoms with Crippen LogP contribution < -0.4 is 20.7 Å². The lowest BCUT2D eigenvalue weighted by atomic mass is 10.1. The fraction of sp³-hybridized carbons (Fsp3) is 0.143. The number of hydrazone groups is 1. The van der Waals surface area contributed by atoms with Crippen LogP contribution in [0.5, 0.6) is 11.5 Å². The van der Waals surface area contributed by atoms with Gasteiger partial charge in [0.15, 0.2) is 17.3 Å². The van der Waals surface area contributed by atoms with Gasteiger partial charge < -0.3 is 15.3 Å². The van der Waals surface area contributed by atoms with Crippen molar-refractivity contribution in [1.29, 1.82) is 0 Å². The molecule has 0 amide bonds. The number of nitrogens with zero attached hydrogens (tertiary/aromatic N) is 4. The molecule has 1 aromatic heterocycles. The minimum Gasteiger partial charge on any atom is -0.493 e. The van der Waals surface area contributed by atoms with E-state index in [0.29, 0.717) is 22.2 Å². The first-order valence-electron chi connectivity index (χ1n) is 9.21. The van der Waals surface area contributed by atoms with Gasteiger partial charge in [0.2, 0.25) is 5.16 Å². The van der Waals surface area contributed by atoms with E-state index in [4.69, 9.17) is 15.3 Å². The number of anilines is 1. The minimum absolute atomic E-state index is 0.104. The number of ether oxygens (including phenoxy) is 2. The third-order valence-electron chi connectivity index (χ3n) is 4.12. The Labute approximate surface area is 183 Å². The molecule has 0 unspecified atom stereocenters. The Kier molecular flexibility index (Phi) is 7.66. The lowest BCUT2D eigenvalue weighted by Crippen LogP contribution is -2.14. The van der Waals surface area contributed by atoms with E-state index in [1.54, 1.807) is 37.6 Å². The Hall–Kier alpha value is -3.79. The van der Waals surface area contributed by atoms with Gasteiger partial charge in [-0.2, -0.15) is 5.10 Å². The van der Waals surface area contributed by atoms with Crippen LogP contribution in [-0.4, -0.2) is 46.8 Å². The number of carbonyl (C=O) groups is 1. The van der Waals surface area contributed by atoms with Crippen molar-refractivity contribution in [2.45, 2.75) is 5.16 Å². The molecule has 0 aliphatic carbocycles. The van der Waals surface area contributed by atoms with E-state index in [1.165, 1.54) is 23.5 Å². The molecule has 10 heteroatoms. The monoisotopic (exact) mass is 438 g/mol. The van der Waals surface area contributed by atoms with Crippen molar-refractivity contribution in [2.24, 2.45) is 5.10 Å². The first kappa shape index (κ1) is 21.9. The van der Waals surface area contributed by atoms with E-state index in [2.05, 4.69) is 20.7 Å². The number of allylic oxidation sites excluding steroid dienone is 1. The molecule has 0 atom stereocenters. The van der Waals surface area contributed by atoms with Crippen molar-refractivity contribution in [3.8, 4) is 11.5 Å². The van der Waals surface area contributed by atoms with Crippen molar-refractivity contribution in [2.75, 3.05) is 31.2 Å². The van der Waals surface area contributed by atoms with Gasteiger partial charge in [0.25, 0.3) is 5.95 Å². The maximum absolute atomic E-state index is 12.5. The second kappa shape index (κ2) is 10.8. The SMILES string of the molecule is COc1ccc(C(=O)CSc2nnc(N/N=C/C=C/c3ccccc3)n2N)cc1OC. The Morgan fingerprint density at radius 2 is 1.94 bits per heavy atom. The molecule has 9 nitrogen and oxygen atoms in total. The van der Waals surface area contributed by atoms with Crippen molar-refractivity contribution < 1.29 is 14.3 Å². The normalized spacial score (nSPS) is 11.2. The highest BCUT2D eigenvalue weighted by Gasteiger charge is 2.15. The summed E-state index contributed by atoms with van der Waals surface area (Å²) in [5, 5.41) is 12.4. The van der Waals surface area contributed by atoms with E-state index in [-0.39, 0.29) is 17.5 Å². The van der Waals surface area contributed by atoms with Crippen molar-refractivity contribution in [3.05, 3.63) is 65.7 Å². The van der Waals surface area contributed by atoms with Crippen LogP contribution in [0.3, 0.4) is 0 Å². The number of hydrogen-bond acceptors (Lipinski definition) is 9. The molecule has 0 bridgehead atoms. The number of methoxy groups -OCH3 is 2. The summed E-state index contributed by atoms with van der Waals surface area (Å²) in [4.78, 5) is 12.5. The van der Waals surface area contributed by atoms with Gasteiger partial charge in [0, 0.05) is 11.8 Å². The van der Waals surface area contributed by atoms with Crippen molar-refractivity contribution in [1.82, 2.24) is 14.9 Å². The Morgan fingerprint density at radius 3 is 2.68 bits per heavy atom. The maximum atomic E-state index is 12.5. The summed E-state index contributed by atoms with van der Waals surface area (Å²) >= 11 is 1.17. The average molecular weight is 439 g/mol. The summed E-state index contributed by atoms with van der Waals surface area (Å²) in [6, 6.07) is 14.9. The first-order chi connectivity index (χ1) is 15.1. The summed E-state index contributed by atoms with van der Waals surface area (Å²) in [7, 11) is 3.06. The third kappa shape index (κ3) is 5.86. The maximum Gasteiger partial charge on any atom is 0.264 e. The molecular weight excluding hydrogens is 416 g/mol. The molecule has 160 valence electrons. The smallest absolute Gasteiger partial charge is 0.264 e. The topological polar surface area (TPSA) is 117 Å². The Balaban J connectivity index is 1.55. The molecule has 0 fully saturated rings. The molecule has 0 aliphatic heterocycles. The fourth-order valence-corrected chi connectivity index (χ4v) is 3.28. The number of thioether (sulfide) groups is 1. The van der Waals surface area contributed by atoms with Gasteiger partial charge in [-0.15, -0.1) is 10.2 Å². The van der Waals surface area contributed by atoms with Gasteiger partial charge >= 0.3 is 0 Å². The van der Waals surface area contributed by atoms with Crippen molar-refractivity contribution in [3.63, 3.8) is 0 Å². The molecule has 0 aliphatic rings. The number of benzene rings is 2. The van der Waals surface area contributed by atoms with Crippen molar-refractivity contribution >= 4 is 35.8 Å². The van der Waals surface area contributed by atoms with Gasteiger partial charge in [-0.25, -0.2) is 10.1 Å². The number of hydrogen-bond donors (Lipinski definition) is 2. The number of carbonyl (C=O) groups excluding carboxylic acids is 1. The van der Waals surface area contributed by atoms with E-state index in [9.17, 15) is 4.79 Å². The molecule has 1 heterocycles. The standard InChI is InChI=1S/C21H22N6O3S/c1-29-18-11-10-16(13-19(18)30-2)17(28)14-31-21-26-25-20(27(21)22)24-23-12-6-9-15-7-4-3-5-8-15/h3-13H,14,22H2,1-2H3,(H,24,25)/b9-6+,23-12+. The zero-order valence-electron chi connectivity index (χ0n) is 17.1. The Bertz CT molecular complexity index is 1080. The summed E-state index contributed by atoms with van der Waals surface area (Å²) in [6.45, 7) is 0. The van der Waals surface area contributed by atoms with Crippen LogP contribution in [0, 0.1) is 0 Å². The number of Topliss-reactive ketones (excluding diaryl/α,β-unsaturated/α-hetero) is 1. The van der Waals surface area contributed by atoms with E-state index in [1.807, 2.05) is 36.4 Å². The van der Waals surface area contributed by atoms with E-state index < -0.39 is 0 Å². The zero-order valence-corrected chi connectivity index (χ0v) is 17.9. The third-order valence-corrected chi connectivity index (χ3v) is 5.06. The highest BCUT2D eigenvalue weighted by atomic mass is 32.2. The molecule has 31 heavy (non-hydrogen) atoms. The fourth-order valence-electron chi connectivity index (χ4n) is 2.53. The van der Waals surface area contributed by atoms with Crippen LogP contribution in [0.4, 0.5) is 5.95 Å². The summed E-state index contributed by atoms with van der Waals surface area (Å²) in [5.41, 5.74) is 4.29. The van der Waals surface area contributed by atoms with Gasteiger partial charge in [-0.3, -0.25) is 4.79 Å². The summed E-state index contributed by atoms with van der Waals surface area (Å²) < 4.78 is 11.7. The molecular formula is C21H22N6O3S. The van der Waals surface area contributed by atoms with Crippen LogP contribution >= 0.6 is 11.8 Å². The van der Waals surface area contributed by atoms with E-state index >= 15 is 0 Å². The average Bonchev–Trinajstić information content (AvgIpc) is 3.16. The highest BCUT2D eigenvalue weighted by Crippen LogP contribution is 2.28.